The number of fused-ring (bicyclic) bond motifs is 1. The van der Waals surface area contributed by atoms with Crippen LogP contribution in [0.1, 0.15) is 61.9 Å². The first-order valence-corrected chi connectivity index (χ1v) is 20.4. The highest BCUT2D eigenvalue weighted by Crippen LogP contribution is 2.29. The Kier molecular flexibility index (Phi) is 14.4. The van der Waals surface area contributed by atoms with Crippen LogP contribution < -0.4 is 26.3 Å². The zero-order valence-corrected chi connectivity index (χ0v) is 34.8. The summed E-state index contributed by atoms with van der Waals surface area (Å²) < 4.78 is 45.3. The van der Waals surface area contributed by atoms with Crippen LogP contribution >= 0.6 is 0 Å². The number of benzene rings is 2. The Morgan fingerprint density at radius 3 is 2.30 bits per heavy atom. The Labute approximate surface area is 359 Å². The third kappa shape index (κ3) is 11.0. The molecule has 4 aromatic rings. The SMILES string of the molecule is CC(C)[C@H](NC(=O)CCCCCN1C(=O)C=CC1=O)C(=O)NCC(=O)Nc1ccc(CN(C)C2CCN(c3nc4c(cc3F)c(=O)c(C(=O)O)cn4-c3ccc(F)cc3F)C2)cc1. The molecule has 4 N–H and O–H groups in total. The molecule has 2 aromatic carbocycles. The lowest BCUT2D eigenvalue weighted by molar-refractivity contribution is -0.137. The molecule has 16 nitrogen and oxygen atoms in total. The molecule has 332 valence electrons. The minimum absolute atomic E-state index is 0.0702. The van der Waals surface area contributed by atoms with E-state index in [0.29, 0.717) is 57.1 Å². The molecule has 5 amide bonds. The number of anilines is 2. The van der Waals surface area contributed by atoms with E-state index in [1.54, 1.807) is 30.9 Å². The average Bonchev–Trinajstić information content (AvgIpc) is 3.86. The van der Waals surface area contributed by atoms with Gasteiger partial charge in [-0.1, -0.05) is 32.4 Å². The number of halogens is 3. The number of rotatable bonds is 18. The Balaban J connectivity index is 0.986. The first kappa shape index (κ1) is 45.6. The van der Waals surface area contributed by atoms with E-state index in [2.05, 4.69) is 25.8 Å². The molecule has 2 aliphatic rings. The lowest BCUT2D eigenvalue weighted by Crippen LogP contribution is -2.51. The molecule has 0 spiro atoms. The zero-order valence-electron chi connectivity index (χ0n) is 34.8. The number of nitrogens with one attached hydrogen (secondary N) is 3. The third-order valence-corrected chi connectivity index (χ3v) is 10.9. The van der Waals surface area contributed by atoms with Crippen LogP contribution in [0.3, 0.4) is 0 Å². The predicted octanol–water partition coefficient (Wildman–Crippen LogP) is 3.89. The van der Waals surface area contributed by atoms with Gasteiger partial charge in [-0.15, -0.1) is 0 Å². The van der Waals surface area contributed by atoms with Crippen LogP contribution in [0, 0.1) is 23.4 Å². The van der Waals surface area contributed by atoms with E-state index >= 15 is 4.39 Å². The van der Waals surface area contributed by atoms with Crippen LogP contribution in [0.4, 0.5) is 24.7 Å². The van der Waals surface area contributed by atoms with E-state index in [-0.39, 0.29) is 71.7 Å². The number of aromatic carboxylic acids is 1. The van der Waals surface area contributed by atoms with Crippen molar-refractivity contribution in [3.8, 4) is 5.69 Å². The Hall–Kier alpha value is -6.89. The second-order valence-corrected chi connectivity index (χ2v) is 15.8. The summed E-state index contributed by atoms with van der Waals surface area (Å²) in [6, 6.07) is 9.67. The molecule has 2 atom stereocenters. The number of amides is 5. The summed E-state index contributed by atoms with van der Waals surface area (Å²) in [6.45, 7) is 4.69. The van der Waals surface area contributed by atoms with E-state index in [0.717, 1.165) is 39.4 Å². The largest absolute Gasteiger partial charge is 0.477 e. The summed E-state index contributed by atoms with van der Waals surface area (Å²) in [7, 11) is 1.90. The molecular weight excluding hydrogens is 826 g/mol. The number of carbonyl (C=O) groups is 6. The normalized spacial score (nSPS) is 15.5. The molecule has 1 saturated heterocycles. The summed E-state index contributed by atoms with van der Waals surface area (Å²) in [5.41, 5.74) is -0.829. The van der Waals surface area contributed by atoms with Crippen LogP contribution in [0.5, 0.6) is 0 Å². The van der Waals surface area contributed by atoms with Crippen molar-refractivity contribution in [2.45, 2.75) is 64.6 Å². The summed E-state index contributed by atoms with van der Waals surface area (Å²) in [6.07, 6.45) is 5.76. The van der Waals surface area contributed by atoms with Crippen molar-refractivity contribution in [2.75, 3.05) is 43.4 Å². The van der Waals surface area contributed by atoms with Gasteiger partial charge in [0.2, 0.25) is 23.2 Å². The van der Waals surface area contributed by atoms with Gasteiger partial charge >= 0.3 is 5.97 Å². The summed E-state index contributed by atoms with van der Waals surface area (Å²) in [5, 5.41) is 17.3. The maximum Gasteiger partial charge on any atom is 0.341 e. The maximum atomic E-state index is 15.6. The standard InChI is InChI=1S/C44H47F3N8O8/c1-25(2)39(50-35(56)7-5-4-6-17-54-37(58)14-15-38(54)59)43(61)48-21-36(57)49-28-11-8-26(9-12-28)22-52(3)29-16-18-53(23-29)42-33(47)20-30-40(60)31(44(62)63)24-55(41(30)51-42)34-13-10-27(45)19-32(34)46/h8-15,19-20,24-25,29,39H,4-7,16-18,21-23H2,1-3H3,(H,48,61)(H,49,57)(H,50,56)(H,62,63)/t29?,39-/m0/s1. The fourth-order valence-corrected chi connectivity index (χ4v) is 7.50. The van der Waals surface area contributed by atoms with Gasteiger partial charge < -0.3 is 26.0 Å². The molecule has 6 rings (SSSR count). The Morgan fingerprint density at radius 1 is 0.921 bits per heavy atom. The number of likely N-dealkylation sites (N-methyl/N-ethyl adjacent to an activating group) is 1. The van der Waals surface area contributed by atoms with E-state index in [1.807, 2.05) is 19.2 Å². The van der Waals surface area contributed by atoms with E-state index in [9.17, 15) is 47.4 Å². The number of pyridine rings is 2. The fraction of sp³-hybridized carbons (Fsp3) is 0.364. The van der Waals surface area contributed by atoms with E-state index in [1.165, 1.54) is 12.2 Å². The molecule has 0 saturated carbocycles. The van der Waals surface area contributed by atoms with Crippen molar-refractivity contribution in [3.05, 3.63) is 106 Å². The highest BCUT2D eigenvalue weighted by Gasteiger charge is 2.30. The van der Waals surface area contributed by atoms with Gasteiger partial charge in [-0.2, -0.15) is 0 Å². The molecule has 0 aliphatic carbocycles. The number of carbonyl (C=O) groups excluding carboxylic acids is 5. The van der Waals surface area contributed by atoms with Crippen molar-refractivity contribution < 1.29 is 47.0 Å². The number of unbranched alkanes of at least 4 members (excludes halogenated alkanes) is 2. The van der Waals surface area contributed by atoms with Gasteiger partial charge in [0.05, 0.1) is 17.6 Å². The summed E-state index contributed by atoms with van der Waals surface area (Å²) in [4.78, 5) is 95.8. The van der Waals surface area contributed by atoms with Crippen molar-refractivity contribution >= 4 is 58.0 Å². The molecule has 1 fully saturated rings. The second kappa shape index (κ2) is 19.9. The summed E-state index contributed by atoms with van der Waals surface area (Å²) >= 11 is 0. The molecular formula is C44H47F3N8O8. The van der Waals surface area contributed by atoms with Crippen LogP contribution in [-0.4, -0.2) is 105 Å². The van der Waals surface area contributed by atoms with E-state index < -0.39 is 52.3 Å². The van der Waals surface area contributed by atoms with Gasteiger partial charge in [-0.05, 0) is 68.1 Å². The summed E-state index contributed by atoms with van der Waals surface area (Å²) in [5.74, 6) is -6.78. The second-order valence-electron chi connectivity index (χ2n) is 15.8. The highest BCUT2D eigenvalue weighted by molar-refractivity contribution is 6.12. The number of aromatic nitrogens is 2. The van der Waals surface area contributed by atoms with Gasteiger partial charge in [-0.3, -0.25) is 43.1 Å². The Bertz CT molecular complexity index is 2510. The molecule has 2 aromatic heterocycles. The molecule has 2 aliphatic heterocycles. The minimum atomic E-state index is -1.61. The van der Waals surface area contributed by atoms with Crippen LogP contribution in [0.2, 0.25) is 0 Å². The lowest BCUT2D eigenvalue weighted by Gasteiger charge is -2.25. The number of imide groups is 1. The van der Waals surface area contributed by atoms with Crippen LogP contribution in [0.25, 0.3) is 16.7 Å². The zero-order chi connectivity index (χ0) is 45.5. The molecule has 1 unspecified atom stereocenters. The van der Waals surface area contributed by atoms with Gasteiger partial charge in [0.25, 0.3) is 11.8 Å². The number of hydrogen-bond acceptors (Lipinski definition) is 10. The van der Waals surface area contributed by atoms with Crippen molar-refractivity contribution in [3.63, 3.8) is 0 Å². The molecule has 0 bridgehead atoms. The number of hydrogen-bond donors (Lipinski definition) is 4. The molecule has 63 heavy (non-hydrogen) atoms. The number of nitrogens with zero attached hydrogens (tertiary/aromatic N) is 5. The van der Waals surface area contributed by atoms with Gasteiger partial charge in [0.1, 0.15) is 23.2 Å². The topological polar surface area (TPSA) is 203 Å². The highest BCUT2D eigenvalue weighted by atomic mass is 19.1. The fourth-order valence-electron chi connectivity index (χ4n) is 7.50. The Morgan fingerprint density at radius 2 is 1.63 bits per heavy atom. The molecule has 4 heterocycles. The van der Waals surface area contributed by atoms with Crippen molar-refractivity contribution in [1.29, 1.82) is 0 Å². The first-order valence-electron chi connectivity index (χ1n) is 20.4. The maximum absolute atomic E-state index is 15.6. The van der Waals surface area contributed by atoms with Crippen LogP contribution in [-0.2, 0) is 30.5 Å². The monoisotopic (exact) mass is 872 g/mol. The molecule has 0 radical (unpaired) electrons. The van der Waals surface area contributed by atoms with E-state index in [4.69, 9.17) is 0 Å². The third-order valence-electron chi connectivity index (χ3n) is 10.9. The quantitative estimate of drug-likeness (QED) is 0.0835. The first-order chi connectivity index (χ1) is 30.0. The van der Waals surface area contributed by atoms with Gasteiger partial charge in [-0.25, -0.2) is 22.9 Å². The van der Waals surface area contributed by atoms with Crippen molar-refractivity contribution in [1.82, 2.24) is 30.0 Å². The lowest BCUT2D eigenvalue weighted by atomic mass is 10.0. The van der Waals surface area contributed by atoms with Crippen LogP contribution in [0.15, 0.2) is 71.7 Å². The molecule has 19 heteroatoms. The average molecular weight is 873 g/mol. The van der Waals surface area contributed by atoms with Gasteiger partial charge in [0, 0.05) is 68.7 Å². The smallest absolute Gasteiger partial charge is 0.341 e. The predicted molar refractivity (Wildman–Crippen MR) is 225 cm³/mol. The minimum Gasteiger partial charge on any atom is -0.477 e. The number of carboxylic acids is 1. The van der Waals surface area contributed by atoms with Crippen molar-refractivity contribution in [2.24, 2.45) is 5.92 Å². The van der Waals surface area contributed by atoms with Gasteiger partial charge in [0.15, 0.2) is 17.3 Å². The number of carboxylic acid groups (broad SMARTS) is 1.